The Labute approximate surface area is 227 Å². The fourth-order valence-electron chi connectivity index (χ4n) is 5.76. The van der Waals surface area contributed by atoms with E-state index in [1.54, 1.807) is 25.5 Å². The van der Waals surface area contributed by atoms with Crippen LogP contribution in [0.15, 0.2) is 79.5 Å². The summed E-state index contributed by atoms with van der Waals surface area (Å²) in [4.78, 5) is 28.1. The number of benzene rings is 2. The number of rotatable bonds is 6. The number of nitrogens with two attached hydrogens (primary N) is 1. The molecule has 8 heteroatoms. The summed E-state index contributed by atoms with van der Waals surface area (Å²) >= 11 is 0. The van der Waals surface area contributed by atoms with Crippen LogP contribution in [0.4, 0.5) is 5.69 Å². The summed E-state index contributed by atoms with van der Waals surface area (Å²) in [5.41, 5.74) is 13.0. The summed E-state index contributed by atoms with van der Waals surface area (Å²) in [6, 6.07) is 16.6. The Morgan fingerprint density at radius 1 is 1.05 bits per heavy atom. The lowest BCUT2D eigenvalue weighted by atomic mass is 9.85. The molecule has 0 bridgehead atoms. The number of carbonyl (C=O) groups is 1. The van der Waals surface area contributed by atoms with Crippen LogP contribution in [0.3, 0.4) is 0 Å². The first kappa shape index (κ1) is 25.0. The van der Waals surface area contributed by atoms with Crippen LogP contribution in [0.1, 0.15) is 31.4 Å². The fraction of sp³-hybridized carbons (Fsp3) is 0.290. The molecule has 1 aliphatic heterocycles. The van der Waals surface area contributed by atoms with Crippen LogP contribution in [-0.2, 0) is 11.8 Å². The predicted molar refractivity (Wildman–Crippen MR) is 155 cm³/mol. The molecule has 0 saturated carbocycles. The lowest BCUT2D eigenvalue weighted by Gasteiger charge is -2.37. The van der Waals surface area contributed by atoms with Gasteiger partial charge in [-0.1, -0.05) is 18.2 Å². The van der Waals surface area contributed by atoms with E-state index in [0.717, 1.165) is 46.3 Å². The van der Waals surface area contributed by atoms with Crippen molar-refractivity contribution in [1.29, 1.82) is 0 Å². The number of pyridine rings is 1. The minimum atomic E-state index is -0.472. The van der Waals surface area contributed by atoms with Gasteiger partial charge < -0.3 is 20.5 Å². The van der Waals surface area contributed by atoms with Gasteiger partial charge in [0.1, 0.15) is 0 Å². The van der Waals surface area contributed by atoms with Crippen molar-refractivity contribution in [2.24, 2.45) is 18.7 Å². The van der Waals surface area contributed by atoms with Gasteiger partial charge in [-0.3, -0.25) is 19.7 Å². The normalized spacial score (nSPS) is 15.9. The van der Waals surface area contributed by atoms with Crippen molar-refractivity contribution in [3.8, 4) is 11.1 Å². The van der Waals surface area contributed by atoms with E-state index in [0.29, 0.717) is 19.0 Å². The van der Waals surface area contributed by atoms with Gasteiger partial charge in [-0.2, -0.15) is 0 Å². The van der Waals surface area contributed by atoms with E-state index in [4.69, 9.17) is 10.7 Å². The number of nitrogens with zero attached hydrogens (tertiary/aromatic N) is 5. The highest BCUT2D eigenvalue weighted by molar-refractivity contribution is 5.97. The highest BCUT2D eigenvalue weighted by Gasteiger charge is 2.30. The van der Waals surface area contributed by atoms with E-state index < -0.39 is 6.04 Å². The van der Waals surface area contributed by atoms with E-state index in [9.17, 15) is 4.79 Å². The lowest BCUT2D eigenvalue weighted by molar-refractivity contribution is -0.133. The van der Waals surface area contributed by atoms with Gasteiger partial charge in [0.05, 0.1) is 23.1 Å². The Balaban J connectivity index is 1.37. The topological polar surface area (TPSA) is 102 Å². The van der Waals surface area contributed by atoms with Crippen molar-refractivity contribution < 1.29 is 4.79 Å². The summed E-state index contributed by atoms with van der Waals surface area (Å²) in [6.45, 7) is 3.16. The summed E-state index contributed by atoms with van der Waals surface area (Å²) < 4.78 is 2.13. The lowest BCUT2D eigenvalue weighted by Crippen LogP contribution is -2.46. The molecule has 198 valence electrons. The predicted octanol–water partition coefficient (Wildman–Crippen LogP) is 4.92. The van der Waals surface area contributed by atoms with Crippen LogP contribution in [0, 0.1) is 5.92 Å². The minimum Gasteiger partial charge on any atom is -0.378 e. The van der Waals surface area contributed by atoms with Crippen LogP contribution >= 0.6 is 0 Å². The number of amides is 1. The van der Waals surface area contributed by atoms with Crippen molar-refractivity contribution in [1.82, 2.24) is 24.4 Å². The summed E-state index contributed by atoms with van der Waals surface area (Å²) in [7, 11) is 2.06. The first-order chi connectivity index (χ1) is 19.0. The molecule has 2 unspecified atom stereocenters. The van der Waals surface area contributed by atoms with E-state index in [2.05, 4.69) is 75.6 Å². The maximum Gasteiger partial charge on any atom is 0.239 e. The molecule has 2 atom stereocenters. The fourth-order valence-corrected chi connectivity index (χ4v) is 5.76. The van der Waals surface area contributed by atoms with Gasteiger partial charge in [0, 0.05) is 67.9 Å². The Morgan fingerprint density at radius 2 is 1.87 bits per heavy atom. The third-order valence-electron chi connectivity index (χ3n) is 7.85. The zero-order valence-electron chi connectivity index (χ0n) is 22.3. The van der Waals surface area contributed by atoms with Crippen LogP contribution < -0.4 is 11.1 Å². The number of aromatic nitrogens is 4. The molecule has 3 N–H and O–H groups in total. The number of anilines is 1. The molecule has 5 aromatic rings. The average Bonchev–Trinajstić information content (AvgIpc) is 3.35. The van der Waals surface area contributed by atoms with Crippen molar-refractivity contribution in [3.63, 3.8) is 0 Å². The molecule has 1 aliphatic rings. The largest absolute Gasteiger partial charge is 0.378 e. The Hall–Kier alpha value is -4.30. The zero-order valence-corrected chi connectivity index (χ0v) is 22.3. The molecule has 8 nitrogen and oxygen atoms in total. The number of carbonyl (C=O) groups excluding carboxylic acids is 1. The molecule has 1 fully saturated rings. The maximum atomic E-state index is 12.5. The number of nitrogens with one attached hydrogen (secondary N) is 1. The smallest absolute Gasteiger partial charge is 0.239 e. The summed E-state index contributed by atoms with van der Waals surface area (Å²) in [6.07, 6.45) is 11.1. The number of hydrogen-bond acceptors (Lipinski definition) is 6. The number of piperidine rings is 1. The first-order valence-corrected chi connectivity index (χ1v) is 13.5. The molecule has 1 saturated heterocycles. The first-order valence-electron chi connectivity index (χ1n) is 13.5. The van der Waals surface area contributed by atoms with E-state index in [-0.39, 0.29) is 11.9 Å². The minimum absolute atomic E-state index is 0.0206. The standard InChI is InChI=1S/C31H33N7O/c1-20(32)31(39)38-14-8-22(9-15-38)29(24-4-3-10-33-19-24)36-25-17-26(30-27(18-25)34-11-12-35-30)23-6-5-21-7-13-37(2)28(21)16-23/h3-7,10-13,16-20,22,29,36H,8-9,14-15,32H2,1-2H3. The molecule has 3 aromatic heterocycles. The summed E-state index contributed by atoms with van der Waals surface area (Å²) in [5.74, 6) is 0.347. The molecule has 0 aliphatic carbocycles. The summed E-state index contributed by atoms with van der Waals surface area (Å²) in [5, 5.41) is 5.04. The van der Waals surface area contributed by atoms with Crippen molar-refractivity contribution in [3.05, 3.63) is 85.1 Å². The quantitative estimate of drug-likeness (QED) is 0.330. The number of fused-ring (bicyclic) bond motifs is 2. The van der Waals surface area contributed by atoms with Gasteiger partial charge >= 0.3 is 0 Å². The second-order valence-corrected chi connectivity index (χ2v) is 10.5. The van der Waals surface area contributed by atoms with Crippen LogP contribution in [0.25, 0.3) is 33.1 Å². The van der Waals surface area contributed by atoms with Gasteiger partial charge in [-0.05, 0) is 72.5 Å². The Bertz CT molecular complexity index is 1620. The van der Waals surface area contributed by atoms with Gasteiger partial charge in [0.15, 0.2) is 0 Å². The molecular formula is C31H33N7O. The Kier molecular flexibility index (Phi) is 6.70. The molecule has 4 heterocycles. The second kappa shape index (κ2) is 10.5. The van der Waals surface area contributed by atoms with Gasteiger partial charge in [0.2, 0.25) is 5.91 Å². The van der Waals surface area contributed by atoms with Gasteiger partial charge in [-0.15, -0.1) is 0 Å². The van der Waals surface area contributed by atoms with Gasteiger partial charge in [-0.25, -0.2) is 0 Å². The number of aryl methyl sites for hydroxylation is 1. The second-order valence-electron chi connectivity index (χ2n) is 10.5. The van der Waals surface area contributed by atoms with Crippen LogP contribution in [0.5, 0.6) is 0 Å². The molecule has 0 radical (unpaired) electrons. The van der Waals surface area contributed by atoms with Crippen LogP contribution in [0.2, 0.25) is 0 Å². The molecule has 0 spiro atoms. The van der Waals surface area contributed by atoms with Crippen molar-refractivity contribution in [2.75, 3.05) is 18.4 Å². The third-order valence-corrected chi connectivity index (χ3v) is 7.85. The average molecular weight is 520 g/mol. The van der Waals surface area contributed by atoms with Crippen LogP contribution in [-0.4, -0.2) is 49.5 Å². The number of hydrogen-bond donors (Lipinski definition) is 2. The zero-order chi connectivity index (χ0) is 26.9. The van der Waals surface area contributed by atoms with Crippen molar-refractivity contribution in [2.45, 2.75) is 31.8 Å². The van der Waals surface area contributed by atoms with E-state index in [1.165, 1.54) is 10.9 Å². The number of likely N-dealkylation sites (tertiary alicyclic amines) is 1. The highest BCUT2D eigenvalue weighted by atomic mass is 16.2. The molecule has 2 aromatic carbocycles. The highest BCUT2D eigenvalue weighted by Crippen LogP contribution is 2.37. The third kappa shape index (κ3) is 4.95. The molecule has 39 heavy (non-hydrogen) atoms. The molecule has 6 rings (SSSR count). The molecular weight excluding hydrogens is 486 g/mol. The maximum absolute atomic E-state index is 12.5. The monoisotopic (exact) mass is 519 g/mol. The molecule has 1 amide bonds. The van der Waals surface area contributed by atoms with Crippen molar-refractivity contribution >= 4 is 33.5 Å². The van der Waals surface area contributed by atoms with Gasteiger partial charge in [0.25, 0.3) is 0 Å². The Morgan fingerprint density at radius 3 is 2.64 bits per heavy atom. The van der Waals surface area contributed by atoms with E-state index >= 15 is 0 Å². The van der Waals surface area contributed by atoms with E-state index in [1.807, 2.05) is 17.2 Å². The SMILES string of the molecule is CC(N)C(=O)N1CCC(C(Nc2cc(-c3ccc4ccn(C)c4c3)c3nccnc3c2)c2cccnc2)CC1.